The summed E-state index contributed by atoms with van der Waals surface area (Å²) in [6.45, 7) is 9.11. The van der Waals surface area contributed by atoms with Gasteiger partial charge in [0.1, 0.15) is 6.61 Å². The van der Waals surface area contributed by atoms with E-state index in [0.717, 1.165) is 6.42 Å². The van der Waals surface area contributed by atoms with Gasteiger partial charge >= 0.3 is 0 Å². The number of rotatable bonds is 7. The highest BCUT2D eigenvalue weighted by atomic mass is 16.5. The van der Waals surface area contributed by atoms with Crippen molar-refractivity contribution in [1.29, 1.82) is 0 Å². The van der Waals surface area contributed by atoms with Gasteiger partial charge in [-0.05, 0) is 13.3 Å². The third-order valence-electron chi connectivity index (χ3n) is 1.79. The summed E-state index contributed by atoms with van der Waals surface area (Å²) >= 11 is 0. The molecule has 0 bridgehead atoms. The van der Waals surface area contributed by atoms with Crippen molar-refractivity contribution in [3.63, 3.8) is 0 Å². The van der Waals surface area contributed by atoms with Crippen molar-refractivity contribution in [3.8, 4) is 0 Å². The van der Waals surface area contributed by atoms with Crippen LogP contribution in [0, 0.1) is 0 Å². The summed E-state index contributed by atoms with van der Waals surface area (Å²) in [7, 11) is 0. The second-order valence-electron chi connectivity index (χ2n) is 2.90. The summed E-state index contributed by atoms with van der Waals surface area (Å²) in [5.41, 5.74) is 0.312. The molecule has 0 saturated heterocycles. The fourth-order valence-corrected chi connectivity index (χ4v) is 1.09. The number of hydrogen-bond acceptors (Lipinski definition) is 3. The van der Waals surface area contributed by atoms with Crippen LogP contribution in [0.2, 0.25) is 0 Å². The largest absolute Gasteiger partial charge is 0.463 e. The van der Waals surface area contributed by atoms with Gasteiger partial charge in [-0.15, -0.1) is 0 Å². The molecule has 0 unspecified atom stereocenters. The average Bonchev–Trinajstić information content (AvgIpc) is 2.21. The highest BCUT2D eigenvalue weighted by molar-refractivity contribution is 5.93. The zero-order valence-corrected chi connectivity index (χ0v) is 8.78. The molecule has 0 aliphatic rings. The van der Waals surface area contributed by atoms with Crippen LogP contribution in [-0.2, 0) is 14.3 Å². The van der Waals surface area contributed by atoms with Gasteiger partial charge in [0.05, 0.1) is 0 Å². The first kappa shape index (κ1) is 12.7. The zero-order valence-electron chi connectivity index (χ0n) is 8.78. The third kappa shape index (κ3) is 4.07. The molecule has 0 fully saturated rings. The van der Waals surface area contributed by atoms with Crippen LogP contribution in [-0.4, -0.2) is 37.0 Å². The van der Waals surface area contributed by atoms with Crippen LogP contribution < -0.4 is 0 Å². The van der Waals surface area contributed by atoms with Gasteiger partial charge < -0.3 is 9.64 Å². The molecule has 80 valence electrons. The van der Waals surface area contributed by atoms with Crippen LogP contribution in [0.1, 0.15) is 20.3 Å². The molecule has 4 heteroatoms. The maximum atomic E-state index is 11.6. The van der Waals surface area contributed by atoms with Crippen molar-refractivity contribution in [1.82, 2.24) is 4.90 Å². The van der Waals surface area contributed by atoms with Gasteiger partial charge in [-0.25, -0.2) is 0 Å². The van der Waals surface area contributed by atoms with Gasteiger partial charge in [0.2, 0.25) is 0 Å². The van der Waals surface area contributed by atoms with E-state index in [2.05, 4.69) is 11.3 Å². The molecule has 0 radical (unpaired) electrons. The molecule has 0 aromatic heterocycles. The molecule has 0 aliphatic heterocycles. The standard InChI is InChI=1S/C10H17NO3/c1-4-6-11(5-2)10(13)9(3)7-14-8-12/h8H,3-7H2,1-2H3. The van der Waals surface area contributed by atoms with Crippen LogP contribution in [0.25, 0.3) is 0 Å². The van der Waals surface area contributed by atoms with Crippen molar-refractivity contribution >= 4 is 12.4 Å². The Labute approximate surface area is 84.5 Å². The fourth-order valence-electron chi connectivity index (χ4n) is 1.09. The molecule has 0 heterocycles. The zero-order chi connectivity index (χ0) is 11.0. The summed E-state index contributed by atoms with van der Waals surface area (Å²) in [6.07, 6.45) is 0.904. The first-order valence-electron chi connectivity index (χ1n) is 4.69. The lowest BCUT2D eigenvalue weighted by atomic mass is 10.2. The lowest BCUT2D eigenvalue weighted by Crippen LogP contribution is -2.33. The van der Waals surface area contributed by atoms with E-state index in [4.69, 9.17) is 0 Å². The van der Waals surface area contributed by atoms with Gasteiger partial charge in [-0.2, -0.15) is 0 Å². The average molecular weight is 199 g/mol. The van der Waals surface area contributed by atoms with Crippen LogP contribution >= 0.6 is 0 Å². The number of ether oxygens (including phenoxy) is 1. The van der Waals surface area contributed by atoms with E-state index in [1.807, 2.05) is 13.8 Å². The first-order chi connectivity index (χ1) is 6.67. The summed E-state index contributed by atoms with van der Waals surface area (Å²) < 4.78 is 4.46. The Kier molecular flexibility index (Phi) is 6.45. The summed E-state index contributed by atoms with van der Waals surface area (Å²) in [4.78, 5) is 23.2. The SMILES string of the molecule is C=C(COC=O)C(=O)N(CC)CCC. The molecule has 4 nitrogen and oxygen atoms in total. The molecule has 0 aromatic carbocycles. The molecule has 14 heavy (non-hydrogen) atoms. The van der Waals surface area contributed by atoms with Gasteiger partial charge in [-0.3, -0.25) is 9.59 Å². The molecule has 0 rings (SSSR count). The fraction of sp³-hybridized carbons (Fsp3) is 0.600. The van der Waals surface area contributed by atoms with Crippen molar-refractivity contribution in [2.75, 3.05) is 19.7 Å². The normalized spacial score (nSPS) is 9.29. The van der Waals surface area contributed by atoms with Crippen LogP contribution in [0.4, 0.5) is 0 Å². The number of carbonyl (C=O) groups excluding carboxylic acids is 2. The monoisotopic (exact) mass is 199 g/mol. The molecule has 0 saturated carbocycles. The number of hydrogen-bond donors (Lipinski definition) is 0. The predicted molar refractivity (Wildman–Crippen MR) is 53.7 cm³/mol. The quantitative estimate of drug-likeness (QED) is 0.453. The van der Waals surface area contributed by atoms with Crippen LogP contribution in [0.5, 0.6) is 0 Å². The molecule has 0 aliphatic carbocycles. The van der Waals surface area contributed by atoms with E-state index in [-0.39, 0.29) is 12.5 Å². The first-order valence-corrected chi connectivity index (χ1v) is 4.69. The molecule has 0 N–H and O–H groups in total. The van der Waals surface area contributed by atoms with Crippen LogP contribution in [0.3, 0.4) is 0 Å². The van der Waals surface area contributed by atoms with Gasteiger partial charge in [0.15, 0.2) is 0 Å². The summed E-state index contributed by atoms with van der Waals surface area (Å²) in [5, 5.41) is 0. The Bertz CT molecular complexity index is 213. The second kappa shape index (κ2) is 7.12. The molecule has 0 atom stereocenters. The third-order valence-corrected chi connectivity index (χ3v) is 1.79. The minimum absolute atomic E-state index is 0.0253. The van der Waals surface area contributed by atoms with E-state index in [0.29, 0.717) is 25.1 Å². The maximum absolute atomic E-state index is 11.6. The molecular formula is C10H17NO3. The van der Waals surface area contributed by atoms with Crippen molar-refractivity contribution in [3.05, 3.63) is 12.2 Å². The Morgan fingerprint density at radius 1 is 1.50 bits per heavy atom. The molecular weight excluding hydrogens is 182 g/mol. The number of amides is 1. The van der Waals surface area contributed by atoms with Gasteiger partial charge in [0, 0.05) is 18.7 Å². The molecule has 0 spiro atoms. The smallest absolute Gasteiger partial charge is 0.293 e. The van der Waals surface area contributed by atoms with E-state index >= 15 is 0 Å². The van der Waals surface area contributed by atoms with Crippen LogP contribution in [0.15, 0.2) is 12.2 Å². The number of carbonyl (C=O) groups is 2. The van der Waals surface area contributed by atoms with Crippen molar-refractivity contribution in [2.24, 2.45) is 0 Å². The van der Waals surface area contributed by atoms with Crippen molar-refractivity contribution in [2.45, 2.75) is 20.3 Å². The Morgan fingerprint density at radius 3 is 2.57 bits per heavy atom. The summed E-state index contributed by atoms with van der Waals surface area (Å²) in [6, 6.07) is 0. The minimum atomic E-state index is -0.142. The summed E-state index contributed by atoms with van der Waals surface area (Å²) in [5.74, 6) is -0.142. The lowest BCUT2D eigenvalue weighted by molar-refractivity contribution is -0.130. The maximum Gasteiger partial charge on any atom is 0.293 e. The van der Waals surface area contributed by atoms with Gasteiger partial charge in [0.25, 0.3) is 12.4 Å². The highest BCUT2D eigenvalue weighted by Crippen LogP contribution is 2.01. The lowest BCUT2D eigenvalue weighted by Gasteiger charge is -2.20. The van der Waals surface area contributed by atoms with E-state index in [9.17, 15) is 9.59 Å². The minimum Gasteiger partial charge on any atom is -0.463 e. The predicted octanol–water partition coefficient (Wildman–Crippen LogP) is 0.974. The highest BCUT2D eigenvalue weighted by Gasteiger charge is 2.14. The Balaban J connectivity index is 4.12. The number of likely N-dealkylation sites (N-methyl/N-ethyl adjacent to an activating group) is 1. The van der Waals surface area contributed by atoms with Crippen molar-refractivity contribution < 1.29 is 14.3 Å². The van der Waals surface area contributed by atoms with Gasteiger partial charge in [-0.1, -0.05) is 13.5 Å². The second-order valence-corrected chi connectivity index (χ2v) is 2.90. The van der Waals surface area contributed by atoms with E-state index in [1.54, 1.807) is 4.90 Å². The Morgan fingerprint density at radius 2 is 2.14 bits per heavy atom. The Hall–Kier alpha value is -1.32. The van der Waals surface area contributed by atoms with E-state index in [1.165, 1.54) is 0 Å². The molecule has 0 aromatic rings. The molecule has 1 amide bonds. The topological polar surface area (TPSA) is 46.6 Å². The van der Waals surface area contributed by atoms with E-state index < -0.39 is 0 Å². The number of nitrogens with zero attached hydrogens (tertiary/aromatic N) is 1.